The lowest BCUT2D eigenvalue weighted by molar-refractivity contribution is -0.126. The summed E-state index contributed by atoms with van der Waals surface area (Å²) < 4.78 is 18.1. The van der Waals surface area contributed by atoms with Gasteiger partial charge in [-0.3, -0.25) is 4.79 Å². The summed E-state index contributed by atoms with van der Waals surface area (Å²) in [4.78, 5) is 12.5. The van der Waals surface area contributed by atoms with Gasteiger partial charge in [0.1, 0.15) is 11.6 Å². The van der Waals surface area contributed by atoms with Crippen molar-refractivity contribution in [3.63, 3.8) is 0 Å². The molecule has 24 heavy (non-hydrogen) atoms. The van der Waals surface area contributed by atoms with Crippen molar-refractivity contribution < 1.29 is 19.0 Å². The summed E-state index contributed by atoms with van der Waals surface area (Å²) in [6.07, 6.45) is -0.816. The van der Waals surface area contributed by atoms with E-state index in [0.717, 1.165) is 0 Å². The molecule has 1 amide bonds. The first-order valence-corrected chi connectivity index (χ1v) is 7.71. The molecule has 5 heteroatoms. The van der Waals surface area contributed by atoms with Gasteiger partial charge in [0, 0.05) is 6.54 Å². The van der Waals surface area contributed by atoms with Crippen LogP contribution in [0.3, 0.4) is 0 Å². The van der Waals surface area contributed by atoms with Crippen LogP contribution in [-0.2, 0) is 10.2 Å². The average molecular weight is 331 g/mol. The van der Waals surface area contributed by atoms with Crippen LogP contribution in [0, 0.1) is 5.82 Å². The van der Waals surface area contributed by atoms with E-state index >= 15 is 0 Å². The number of carbonyl (C=O) groups excluding carboxylic acids is 1. The average Bonchev–Trinajstić information content (AvgIpc) is 2.59. The van der Waals surface area contributed by atoms with Gasteiger partial charge in [-0.25, -0.2) is 4.39 Å². The van der Waals surface area contributed by atoms with Gasteiger partial charge >= 0.3 is 0 Å². The Morgan fingerprint density at radius 2 is 1.75 bits per heavy atom. The normalized spacial score (nSPS) is 12.5. The van der Waals surface area contributed by atoms with Gasteiger partial charge in [0.05, 0.1) is 18.6 Å². The van der Waals surface area contributed by atoms with E-state index in [1.165, 1.54) is 12.1 Å². The lowest BCUT2D eigenvalue weighted by Gasteiger charge is -2.25. The van der Waals surface area contributed by atoms with Gasteiger partial charge in [0.15, 0.2) is 0 Å². The van der Waals surface area contributed by atoms with E-state index in [1.54, 1.807) is 57.4 Å². The SMILES string of the molecule is COc1ccc(C(O)CNC(=O)C(C)(C)c2ccc(F)cc2)cc1. The number of aliphatic hydroxyl groups is 1. The van der Waals surface area contributed by atoms with Crippen LogP contribution in [0.4, 0.5) is 4.39 Å². The molecule has 0 aliphatic heterocycles. The number of methoxy groups -OCH3 is 1. The van der Waals surface area contributed by atoms with Crippen molar-refractivity contribution in [2.45, 2.75) is 25.4 Å². The Balaban J connectivity index is 1.99. The highest BCUT2D eigenvalue weighted by Gasteiger charge is 2.30. The highest BCUT2D eigenvalue weighted by Crippen LogP contribution is 2.24. The molecule has 4 nitrogen and oxygen atoms in total. The van der Waals surface area contributed by atoms with Crippen LogP contribution < -0.4 is 10.1 Å². The van der Waals surface area contributed by atoms with Crippen LogP contribution in [0.1, 0.15) is 31.1 Å². The molecule has 0 spiro atoms. The van der Waals surface area contributed by atoms with Gasteiger partial charge < -0.3 is 15.2 Å². The zero-order chi connectivity index (χ0) is 17.7. The largest absolute Gasteiger partial charge is 0.497 e. The van der Waals surface area contributed by atoms with E-state index in [0.29, 0.717) is 16.9 Å². The molecular formula is C19H22FNO3. The minimum atomic E-state index is -0.826. The Hall–Kier alpha value is -2.40. The maximum atomic E-state index is 13.0. The Bertz CT molecular complexity index is 681. The number of hydrogen-bond donors (Lipinski definition) is 2. The molecule has 0 heterocycles. The van der Waals surface area contributed by atoms with E-state index < -0.39 is 11.5 Å². The van der Waals surface area contributed by atoms with Gasteiger partial charge in [-0.2, -0.15) is 0 Å². The summed E-state index contributed by atoms with van der Waals surface area (Å²) in [6.45, 7) is 3.61. The van der Waals surface area contributed by atoms with Crippen LogP contribution in [0.25, 0.3) is 0 Å². The molecule has 2 N–H and O–H groups in total. The second-order valence-electron chi connectivity index (χ2n) is 6.13. The van der Waals surface area contributed by atoms with Crippen LogP contribution in [-0.4, -0.2) is 24.7 Å². The van der Waals surface area contributed by atoms with Gasteiger partial charge in [-0.1, -0.05) is 24.3 Å². The highest BCUT2D eigenvalue weighted by atomic mass is 19.1. The molecule has 0 aromatic heterocycles. The molecule has 2 aromatic carbocycles. The quantitative estimate of drug-likeness (QED) is 0.855. The molecule has 0 radical (unpaired) electrons. The van der Waals surface area contributed by atoms with Crippen molar-refractivity contribution in [1.29, 1.82) is 0 Å². The summed E-state index contributed by atoms with van der Waals surface area (Å²) >= 11 is 0. The third-order valence-electron chi connectivity index (χ3n) is 4.09. The van der Waals surface area contributed by atoms with Crippen molar-refractivity contribution in [1.82, 2.24) is 5.32 Å². The van der Waals surface area contributed by atoms with Crippen LogP contribution in [0.5, 0.6) is 5.75 Å². The molecule has 0 aliphatic rings. The molecule has 0 saturated heterocycles. The van der Waals surface area contributed by atoms with Crippen molar-refractivity contribution in [2.24, 2.45) is 0 Å². The second-order valence-corrected chi connectivity index (χ2v) is 6.13. The van der Waals surface area contributed by atoms with Gasteiger partial charge in [-0.15, -0.1) is 0 Å². The molecule has 128 valence electrons. The molecular weight excluding hydrogens is 309 g/mol. The fraction of sp³-hybridized carbons (Fsp3) is 0.316. The van der Waals surface area contributed by atoms with Crippen LogP contribution in [0.2, 0.25) is 0 Å². The number of amides is 1. The molecule has 0 aliphatic carbocycles. The van der Waals surface area contributed by atoms with E-state index in [-0.39, 0.29) is 18.3 Å². The minimum Gasteiger partial charge on any atom is -0.497 e. The van der Waals surface area contributed by atoms with Crippen molar-refractivity contribution in [2.75, 3.05) is 13.7 Å². The summed E-state index contributed by atoms with van der Waals surface area (Å²) in [5.74, 6) is 0.124. The Morgan fingerprint density at radius 3 is 2.29 bits per heavy atom. The van der Waals surface area contributed by atoms with Gasteiger partial charge in [0.25, 0.3) is 0 Å². The Labute approximate surface area is 141 Å². The lowest BCUT2D eigenvalue weighted by atomic mass is 9.83. The van der Waals surface area contributed by atoms with Crippen LogP contribution in [0.15, 0.2) is 48.5 Å². The first kappa shape index (κ1) is 17.9. The fourth-order valence-corrected chi connectivity index (χ4v) is 2.35. The van der Waals surface area contributed by atoms with Crippen molar-refractivity contribution in [3.05, 3.63) is 65.5 Å². The van der Waals surface area contributed by atoms with E-state index in [1.807, 2.05) is 0 Å². The molecule has 0 saturated carbocycles. The maximum Gasteiger partial charge on any atom is 0.230 e. The summed E-state index contributed by atoms with van der Waals surface area (Å²) in [5, 5.41) is 12.9. The second kappa shape index (κ2) is 7.45. The smallest absolute Gasteiger partial charge is 0.230 e. The number of aliphatic hydroxyl groups excluding tert-OH is 1. The first-order valence-electron chi connectivity index (χ1n) is 7.71. The maximum absolute atomic E-state index is 13.0. The Morgan fingerprint density at radius 1 is 1.17 bits per heavy atom. The zero-order valence-corrected chi connectivity index (χ0v) is 14.0. The predicted molar refractivity (Wildman–Crippen MR) is 90.4 cm³/mol. The topological polar surface area (TPSA) is 58.6 Å². The van der Waals surface area contributed by atoms with Gasteiger partial charge in [0.2, 0.25) is 5.91 Å². The van der Waals surface area contributed by atoms with E-state index in [2.05, 4.69) is 5.32 Å². The third-order valence-corrected chi connectivity index (χ3v) is 4.09. The monoisotopic (exact) mass is 331 g/mol. The number of benzene rings is 2. The Kier molecular flexibility index (Phi) is 5.57. The molecule has 1 unspecified atom stereocenters. The number of hydrogen-bond acceptors (Lipinski definition) is 3. The number of nitrogens with one attached hydrogen (secondary N) is 1. The number of ether oxygens (including phenoxy) is 1. The number of carbonyl (C=O) groups is 1. The predicted octanol–water partition coefficient (Wildman–Crippen LogP) is 2.96. The van der Waals surface area contributed by atoms with Crippen molar-refractivity contribution in [3.8, 4) is 5.75 Å². The molecule has 0 fully saturated rings. The van der Waals surface area contributed by atoms with Gasteiger partial charge in [-0.05, 0) is 49.2 Å². The standard InChI is InChI=1S/C19H22FNO3/c1-19(2,14-6-8-15(20)9-7-14)18(23)21-12-17(22)13-4-10-16(24-3)11-5-13/h4-11,17,22H,12H2,1-3H3,(H,21,23). The fourth-order valence-electron chi connectivity index (χ4n) is 2.35. The summed E-state index contributed by atoms with van der Waals surface area (Å²) in [6, 6.07) is 12.9. The number of rotatable bonds is 6. The van der Waals surface area contributed by atoms with E-state index in [4.69, 9.17) is 4.74 Å². The van der Waals surface area contributed by atoms with E-state index in [9.17, 15) is 14.3 Å². The molecule has 2 aromatic rings. The third kappa shape index (κ3) is 4.11. The van der Waals surface area contributed by atoms with Crippen molar-refractivity contribution >= 4 is 5.91 Å². The molecule has 0 bridgehead atoms. The summed E-state index contributed by atoms with van der Waals surface area (Å²) in [5.41, 5.74) is 0.573. The minimum absolute atomic E-state index is 0.0930. The molecule has 1 atom stereocenters. The first-order chi connectivity index (χ1) is 11.3. The molecule has 2 rings (SSSR count). The highest BCUT2D eigenvalue weighted by molar-refractivity contribution is 5.87. The van der Waals surface area contributed by atoms with Crippen LogP contribution >= 0.6 is 0 Å². The zero-order valence-electron chi connectivity index (χ0n) is 14.0. The summed E-state index contributed by atoms with van der Waals surface area (Å²) in [7, 11) is 1.57. The lowest BCUT2D eigenvalue weighted by Crippen LogP contribution is -2.41. The number of halogens is 1.